The lowest BCUT2D eigenvalue weighted by Crippen LogP contribution is -2.49. The van der Waals surface area contributed by atoms with Crippen LogP contribution in [0, 0.1) is 23.2 Å². The van der Waals surface area contributed by atoms with Crippen LogP contribution in [0.25, 0.3) is 0 Å². The Balaban J connectivity index is 1.43. The van der Waals surface area contributed by atoms with Gasteiger partial charge in [0.25, 0.3) is 11.5 Å². The van der Waals surface area contributed by atoms with E-state index >= 15 is 0 Å². The molecule has 0 atom stereocenters. The number of hydrazone groups is 1. The fraction of sp³-hybridized carbons (Fsp3) is 0.632. The molecule has 24 heavy (non-hydrogen) atoms. The molecule has 128 valence electrons. The molecule has 4 aliphatic carbocycles. The predicted octanol–water partition coefficient (Wildman–Crippen LogP) is 2.56. The quantitative estimate of drug-likeness (QED) is 0.682. The van der Waals surface area contributed by atoms with E-state index in [4.69, 9.17) is 0 Å². The summed E-state index contributed by atoms with van der Waals surface area (Å²) in [7, 11) is 0. The van der Waals surface area contributed by atoms with Crippen molar-refractivity contribution in [1.82, 2.24) is 9.99 Å². The highest BCUT2D eigenvalue weighted by Gasteiger charge is 2.52. The number of aromatic nitrogens is 1. The van der Waals surface area contributed by atoms with E-state index in [-0.39, 0.29) is 23.4 Å². The minimum atomic E-state index is -0.243. The first-order valence-electron chi connectivity index (χ1n) is 9.03. The molecule has 0 unspecified atom stereocenters. The van der Waals surface area contributed by atoms with Crippen LogP contribution in [0.5, 0.6) is 0 Å². The monoisotopic (exact) mass is 327 g/mol. The summed E-state index contributed by atoms with van der Waals surface area (Å²) in [5.74, 6) is 2.34. The van der Waals surface area contributed by atoms with Crippen molar-refractivity contribution in [1.29, 1.82) is 0 Å². The van der Waals surface area contributed by atoms with Gasteiger partial charge in [0, 0.05) is 23.4 Å². The molecular weight excluding hydrogens is 302 g/mol. The molecule has 1 aromatic heterocycles. The number of pyridine rings is 1. The number of hydrogen-bond donors (Lipinski definition) is 1. The van der Waals surface area contributed by atoms with Gasteiger partial charge in [-0.05, 0) is 69.3 Å². The third kappa shape index (κ3) is 2.80. The molecule has 1 N–H and O–H groups in total. The summed E-state index contributed by atoms with van der Waals surface area (Å²) < 4.78 is 1.39. The molecule has 4 aliphatic rings. The van der Waals surface area contributed by atoms with E-state index in [1.807, 2.05) is 0 Å². The molecule has 5 heteroatoms. The molecule has 0 spiro atoms. The molecule has 4 fully saturated rings. The van der Waals surface area contributed by atoms with Crippen molar-refractivity contribution in [2.75, 3.05) is 0 Å². The van der Waals surface area contributed by atoms with Gasteiger partial charge in [-0.2, -0.15) is 5.10 Å². The molecule has 0 aromatic carbocycles. The van der Waals surface area contributed by atoms with Crippen LogP contribution in [-0.4, -0.2) is 16.2 Å². The van der Waals surface area contributed by atoms with Crippen molar-refractivity contribution in [2.24, 2.45) is 28.3 Å². The second-order valence-electron chi connectivity index (χ2n) is 8.10. The molecule has 1 heterocycles. The first kappa shape index (κ1) is 15.6. The normalized spacial score (nSPS) is 34.4. The van der Waals surface area contributed by atoms with Crippen LogP contribution in [0.15, 0.2) is 34.3 Å². The number of carbonyl (C=O) groups is 1. The Labute approximate surface area is 142 Å². The van der Waals surface area contributed by atoms with E-state index in [9.17, 15) is 9.59 Å². The van der Waals surface area contributed by atoms with Crippen molar-refractivity contribution >= 4 is 11.6 Å². The molecule has 1 aromatic rings. The van der Waals surface area contributed by atoms with E-state index in [0.29, 0.717) is 0 Å². The third-order valence-corrected chi connectivity index (χ3v) is 6.37. The fourth-order valence-electron chi connectivity index (χ4n) is 5.60. The van der Waals surface area contributed by atoms with Gasteiger partial charge in [-0.15, -0.1) is 0 Å². The van der Waals surface area contributed by atoms with Crippen LogP contribution in [0.3, 0.4) is 0 Å². The standard InChI is InChI=1S/C19H25N3O2/c1-13(19-9-14-6-15(10-19)8-16(7-14)11-19)20-21-17(23)12-22-5-3-2-4-18(22)24/h2-5,14-16H,6-12H2,1H3,(H,21,23)/b20-13-. The summed E-state index contributed by atoms with van der Waals surface area (Å²) in [6.45, 7) is 2.08. The number of nitrogens with one attached hydrogen (secondary N) is 1. The highest BCUT2D eigenvalue weighted by Crippen LogP contribution is 2.60. The van der Waals surface area contributed by atoms with Crippen LogP contribution in [0.2, 0.25) is 0 Å². The third-order valence-electron chi connectivity index (χ3n) is 6.37. The number of rotatable bonds is 4. The Morgan fingerprint density at radius 1 is 1.21 bits per heavy atom. The molecule has 5 nitrogen and oxygen atoms in total. The summed E-state index contributed by atoms with van der Waals surface area (Å²) in [6.07, 6.45) is 9.53. The summed E-state index contributed by atoms with van der Waals surface area (Å²) >= 11 is 0. The average molecular weight is 327 g/mol. The summed E-state index contributed by atoms with van der Waals surface area (Å²) in [6, 6.07) is 4.88. The lowest BCUT2D eigenvalue weighted by atomic mass is 9.48. The van der Waals surface area contributed by atoms with E-state index in [2.05, 4.69) is 17.5 Å². The van der Waals surface area contributed by atoms with Crippen molar-refractivity contribution in [3.63, 3.8) is 0 Å². The van der Waals surface area contributed by atoms with Gasteiger partial charge in [-0.25, -0.2) is 5.43 Å². The van der Waals surface area contributed by atoms with Gasteiger partial charge < -0.3 is 4.57 Å². The lowest BCUT2D eigenvalue weighted by Gasteiger charge is -2.56. The van der Waals surface area contributed by atoms with Gasteiger partial charge in [0.2, 0.25) is 0 Å². The Bertz CT molecular complexity index is 699. The zero-order chi connectivity index (χ0) is 16.7. The zero-order valence-electron chi connectivity index (χ0n) is 14.2. The van der Waals surface area contributed by atoms with Crippen LogP contribution >= 0.6 is 0 Å². The second-order valence-corrected chi connectivity index (χ2v) is 8.10. The van der Waals surface area contributed by atoms with Gasteiger partial charge in [0.15, 0.2) is 0 Å². The Hall–Kier alpha value is -1.91. The van der Waals surface area contributed by atoms with E-state index in [1.165, 1.54) is 49.2 Å². The second kappa shape index (κ2) is 5.87. The van der Waals surface area contributed by atoms with Crippen LogP contribution in [0.4, 0.5) is 0 Å². The van der Waals surface area contributed by atoms with Crippen molar-refractivity contribution in [3.8, 4) is 0 Å². The minimum absolute atomic E-state index is 0.0112. The van der Waals surface area contributed by atoms with Gasteiger partial charge >= 0.3 is 0 Å². The summed E-state index contributed by atoms with van der Waals surface area (Å²) in [4.78, 5) is 23.8. The number of nitrogens with zero attached hydrogens (tertiary/aromatic N) is 2. The van der Waals surface area contributed by atoms with Crippen molar-refractivity contribution in [2.45, 2.75) is 52.0 Å². The number of hydrogen-bond acceptors (Lipinski definition) is 3. The number of amides is 1. The molecular formula is C19H25N3O2. The summed E-state index contributed by atoms with van der Waals surface area (Å²) in [5, 5.41) is 4.44. The van der Waals surface area contributed by atoms with E-state index in [0.717, 1.165) is 23.5 Å². The van der Waals surface area contributed by atoms with Crippen LogP contribution in [0.1, 0.15) is 45.4 Å². The maximum atomic E-state index is 12.1. The van der Waals surface area contributed by atoms with E-state index in [1.54, 1.807) is 18.3 Å². The Kier molecular flexibility index (Phi) is 3.82. The molecule has 4 saturated carbocycles. The lowest BCUT2D eigenvalue weighted by molar-refractivity contribution is -0.121. The first-order valence-corrected chi connectivity index (χ1v) is 9.03. The highest BCUT2D eigenvalue weighted by atomic mass is 16.2. The van der Waals surface area contributed by atoms with E-state index < -0.39 is 0 Å². The van der Waals surface area contributed by atoms with Crippen LogP contribution < -0.4 is 11.0 Å². The molecule has 4 bridgehead atoms. The molecule has 0 saturated heterocycles. The average Bonchev–Trinajstić information content (AvgIpc) is 2.53. The molecule has 1 amide bonds. The topological polar surface area (TPSA) is 63.5 Å². The largest absolute Gasteiger partial charge is 0.306 e. The highest BCUT2D eigenvalue weighted by molar-refractivity contribution is 5.89. The van der Waals surface area contributed by atoms with Gasteiger partial charge in [0.05, 0.1) is 0 Å². The predicted molar refractivity (Wildman–Crippen MR) is 92.6 cm³/mol. The van der Waals surface area contributed by atoms with Crippen molar-refractivity contribution < 1.29 is 4.79 Å². The smallest absolute Gasteiger partial charge is 0.260 e. The molecule has 5 rings (SSSR count). The van der Waals surface area contributed by atoms with Gasteiger partial charge in [0.1, 0.15) is 6.54 Å². The van der Waals surface area contributed by atoms with Crippen LogP contribution in [-0.2, 0) is 11.3 Å². The number of carbonyl (C=O) groups excluding carboxylic acids is 1. The molecule has 0 aliphatic heterocycles. The van der Waals surface area contributed by atoms with Gasteiger partial charge in [-0.1, -0.05) is 6.07 Å². The Morgan fingerprint density at radius 2 is 1.83 bits per heavy atom. The SMILES string of the molecule is C/C(=N/NC(=O)Cn1ccccc1=O)C12CC3CC(CC(C3)C1)C2. The minimum Gasteiger partial charge on any atom is -0.306 e. The molecule has 0 radical (unpaired) electrons. The van der Waals surface area contributed by atoms with Crippen molar-refractivity contribution in [3.05, 3.63) is 34.7 Å². The fourth-order valence-corrected chi connectivity index (χ4v) is 5.60. The maximum Gasteiger partial charge on any atom is 0.260 e. The van der Waals surface area contributed by atoms with Gasteiger partial charge in [-0.3, -0.25) is 9.59 Å². The Morgan fingerprint density at radius 3 is 2.42 bits per heavy atom. The summed E-state index contributed by atoms with van der Waals surface area (Å²) in [5.41, 5.74) is 3.79. The zero-order valence-corrected chi connectivity index (χ0v) is 14.2. The maximum absolute atomic E-state index is 12.1. The first-order chi connectivity index (χ1) is 11.5.